The molecule has 3 heteroatoms. The van der Waals surface area contributed by atoms with Gasteiger partial charge < -0.3 is 10.8 Å². The highest BCUT2D eigenvalue weighted by atomic mass is 16.3. The topological polar surface area (TPSA) is 63.3 Å². The maximum Gasteiger partial charge on any atom is 0.217 e. The van der Waals surface area contributed by atoms with E-state index in [4.69, 9.17) is 5.73 Å². The Balaban J connectivity index is 3.31. The number of carbonyl (C=O) groups is 1. The molecule has 1 unspecified atom stereocenters. The van der Waals surface area contributed by atoms with Crippen LogP contribution < -0.4 is 5.73 Å². The molecule has 0 aromatic heterocycles. The smallest absolute Gasteiger partial charge is 0.217 e. The van der Waals surface area contributed by atoms with Crippen molar-refractivity contribution in [3.05, 3.63) is 24.3 Å². The van der Waals surface area contributed by atoms with E-state index in [1.165, 1.54) is 57.8 Å². The van der Waals surface area contributed by atoms with Crippen molar-refractivity contribution in [1.82, 2.24) is 0 Å². The third-order valence-electron chi connectivity index (χ3n) is 4.84. The first-order chi connectivity index (χ1) is 12.7. The van der Waals surface area contributed by atoms with Gasteiger partial charge in [-0.1, -0.05) is 69.8 Å². The molecule has 0 aliphatic carbocycles. The highest BCUT2D eigenvalue weighted by Gasteiger charge is 2.04. The molecule has 0 saturated carbocycles. The van der Waals surface area contributed by atoms with E-state index in [0.717, 1.165) is 32.1 Å². The zero-order valence-corrected chi connectivity index (χ0v) is 17.1. The molecule has 1 atom stereocenters. The Morgan fingerprint density at radius 2 is 1.42 bits per heavy atom. The molecule has 0 saturated heterocycles. The lowest BCUT2D eigenvalue weighted by Crippen LogP contribution is -2.09. The van der Waals surface area contributed by atoms with Crippen molar-refractivity contribution in [2.75, 3.05) is 6.61 Å². The number of hydrogen-bond donors (Lipinski definition) is 2. The van der Waals surface area contributed by atoms with Crippen LogP contribution in [0.15, 0.2) is 24.3 Å². The van der Waals surface area contributed by atoms with Crippen LogP contribution in [0.5, 0.6) is 0 Å². The Hall–Kier alpha value is -1.09. The van der Waals surface area contributed by atoms with Gasteiger partial charge in [0, 0.05) is 13.0 Å². The number of hydrogen-bond acceptors (Lipinski definition) is 2. The Bertz CT molecular complexity index is 363. The molecule has 0 spiro atoms. The second-order valence-corrected chi connectivity index (χ2v) is 7.43. The van der Waals surface area contributed by atoms with Crippen molar-refractivity contribution in [3.8, 4) is 0 Å². The van der Waals surface area contributed by atoms with Crippen LogP contribution in [0.3, 0.4) is 0 Å². The number of carbonyl (C=O) groups excluding carboxylic acids is 1. The average molecular weight is 366 g/mol. The molecule has 0 aromatic rings. The molecule has 3 nitrogen and oxygen atoms in total. The van der Waals surface area contributed by atoms with Gasteiger partial charge in [-0.05, 0) is 57.3 Å². The Morgan fingerprint density at radius 3 is 2.00 bits per heavy atom. The molecule has 0 aromatic carbocycles. The van der Waals surface area contributed by atoms with E-state index >= 15 is 0 Å². The van der Waals surface area contributed by atoms with Crippen molar-refractivity contribution in [2.24, 2.45) is 11.7 Å². The summed E-state index contributed by atoms with van der Waals surface area (Å²) in [4.78, 5) is 10.6. The Kier molecular flexibility index (Phi) is 19.4. The van der Waals surface area contributed by atoms with Gasteiger partial charge >= 0.3 is 0 Å². The maximum absolute atomic E-state index is 10.6. The molecule has 3 N–H and O–H groups in total. The molecule has 152 valence electrons. The van der Waals surface area contributed by atoms with Gasteiger partial charge in [-0.25, -0.2) is 0 Å². The minimum Gasteiger partial charge on any atom is -0.396 e. The Morgan fingerprint density at radius 1 is 0.846 bits per heavy atom. The monoisotopic (exact) mass is 365 g/mol. The number of allylic oxidation sites excluding steroid dienone is 4. The number of amides is 1. The number of nitrogens with two attached hydrogens (primary N) is 1. The lowest BCUT2D eigenvalue weighted by atomic mass is 9.97. The molecule has 0 rings (SSSR count). The van der Waals surface area contributed by atoms with Crippen LogP contribution in [0.2, 0.25) is 0 Å². The van der Waals surface area contributed by atoms with E-state index in [0.29, 0.717) is 18.9 Å². The molecule has 0 bridgehead atoms. The highest BCUT2D eigenvalue weighted by molar-refractivity contribution is 5.73. The summed E-state index contributed by atoms with van der Waals surface area (Å²) in [6, 6.07) is 0. The SMILES string of the molecule is CCCC(CO)CCCCC/C=C\C/C=C\CCCCCCCC(N)=O. The van der Waals surface area contributed by atoms with Crippen LogP contribution in [-0.2, 0) is 4.79 Å². The van der Waals surface area contributed by atoms with E-state index in [1.54, 1.807) is 0 Å². The van der Waals surface area contributed by atoms with Crippen molar-refractivity contribution >= 4 is 5.91 Å². The Labute approximate surface area is 162 Å². The number of aliphatic hydroxyl groups excluding tert-OH is 1. The van der Waals surface area contributed by atoms with E-state index in [9.17, 15) is 9.90 Å². The van der Waals surface area contributed by atoms with E-state index in [1.807, 2.05) is 0 Å². The fraction of sp³-hybridized carbons (Fsp3) is 0.783. The molecule has 1 amide bonds. The van der Waals surface area contributed by atoms with Gasteiger partial charge in [0.05, 0.1) is 0 Å². The highest BCUT2D eigenvalue weighted by Crippen LogP contribution is 2.15. The zero-order chi connectivity index (χ0) is 19.3. The van der Waals surface area contributed by atoms with Gasteiger partial charge in [-0.2, -0.15) is 0 Å². The minimum absolute atomic E-state index is 0.178. The lowest BCUT2D eigenvalue weighted by molar-refractivity contribution is -0.118. The molecular formula is C23H43NO2. The molecule has 0 aliphatic rings. The number of aliphatic hydroxyl groups is 1. The van der Waals surface area contributed by atoms with Gasteiger partial charge in [0.2, 0.25) is 5.91 Å². The van der Waals surface area contributed by atoms with E-state index in [-0.39, 0.29) is 5.91 Å². The van der Waals surface area contributed by atoms with Crippen molar-refractivity contribution in [1.29, 1.82) is 0 Å². The molecule has 26 heavy (non-hydrogen) atoms. The second kappa shape index (κ2) is 20.2. The zero-order valence-electron chi connectivity index (χ0n) is 17.1. The number of primary amides is 1. The van der Waals surface area contributed by atoms with Crippen LogP contribution in [0.25, 0.3) is 0 Å². The van der Waals surface area contributed by atoms with Gasteiger partial charge in [0.1, 0.15) is 0 Å². The molecular weight excluding hydrogens is 322 g/mol. The van der Waals surface area contributed by atoms with Gasteiger partial charge in [0.15, 0.2) is 0 Å². The van der Waals surface area contributed by atoms with Gasteiger partial charge in [0.25, 0.3) is 0 Å². The summed E-state index contributed by atoms with van der Waals surface area (Å²) in [5.41, 5.74) is 5.12. The number of unbranched alkanes of at least 4 members (excludes halogenated alkanes) is 8. The van der Waals surface area contributed by atoms with Gasteiger partial charge in [-0.15, -0.1) is 0 Å². The summed E-state index contributed by atoms with van der Waals surface area (Å²) >= 11 is 0. The normalized spacial score (nSPS) is 13.0. The van der Waals surface area contributed by atoms with Crippen LogP contribution in [-0.4, -0.2) is 17.6 Å². The lowest BCUT2D eigenvalue weighted by Gasteiger charge is -2.11. The van der Waals surface area contributed by atoms with Crippen molar-refractivity contribution in [3.63, 3.8) is 0 Å². The largest absolute Gasteiger partial charge is 0.396 e. The molecule has 0 radical (unpaired) electrons. The third-order valence-corrected chi connectivity index (χ3v) is 4.84. The van der Waals surface area contributed by atoms with Crippen LogP contribution in [0.1, 0.15) is 103 Å². The summed E-state index contributed by atoms with van der Waals surface area (Å²) < 4.78 is 0. The minimum atomic E-state index is -0.178. The summed E-state index contributed by atoms with van der Waals surface area (Å²) in [6.45, 7) is 2.55. The van der Waals surface area contributed by atoms with Crippen molar-refractivity contribution < 1.29 is 9.90 Å². The van der Waals surface area contributed by atoms with Crippen LogP contribution in [0.4, 0.5) is 0 Å². The van der Waals surface area contributed by atoms with Crippen LogP contribution in [0, 0.1) is 5.92 Å². The summed E-state index contributed by atoms with van der Waals surface area (Å²) in [7, 11) is 0. The quantitative estimate of drug-likeness (QED) is 0.216. The first kappa shape index (κ1) is 24.9. The summed E-state index contributed by atoms with van der Waals surface area (Å²) in [5.74, 6) is 0.346. The summed E-state index contributed by atoms with van der Waals surface area (Å²) in [5, 5.41) is 9.27. The average Bonchev–Trinajstić information content (AvgIpc) is 2.63. The fourth-order valence-corrected chi connectivity index (χ4v) is 3.21. The molecule has 0 fully saturated rings. The first-order valence-electron chi connectivity index (χ1n) is 10.9. The fourth-order valence-electron chi connectivity index (χ4n) is 3.21. The third kappa shape index (κ3) is 19.2. The predicted molar refractivity (Wildman–Crippen MR) is 113 cm³/mol. The molecule has 0 aliphatic heterocycles. The summed E-state index contributed by atoms with van der Waals surface area (Å²) in [6.07, 6.45) is 26.1. The van der Waals surface area contributed by atoms with E-state index < -0.39 is 0 Å². The standard InChI is InChI=1S/C23H43NO2/c1-2-18-22(21-25)19-16-14-12-10-8-6-4-3-5-7-9-11-13-15-17-20-23(24)26/h3,5-6,8,22,25H,2,4,7,9-21H2,1H3,(H2,24,26)/b5-3-,8-6-. The molecule has 0 heterocycles. The number of rotatable bonds is 19. The van der Waals surface area contributed by atoms with E-state index in [2.05, 4.69) is 31.2 Å². The second-order valence-electron chi connectivity index (χ2n) is 7.43. The van der Waals surface area contributed by atoms with Gasteiger partial charge in [-0.3, -0.25) is 4.79 Å². The van der Waals surface area contributed by atoms with Crippen LogP contribution >= 0.6 is 0 Å². The predicted octanol–water partition coefficient (Wildman–Crippen LogP) is 6.06. The van der Waals surface area contributed by atoms with Crippen molar-refractivity contribution in [2.45, 2.75) is 103 Å². The first-order valence-corrected chi connectivity index (χ1v) is 10.9. The maximum atomic E-state index is 10.6.